The Labute approximate surface area is 82.6 Å². The molecular weight excluding hydrogens is 204 g/mol. The predicted molar refractivity (Wildman–Crippen MR) is 54.3 cm³/mol. The number of hydrogen-bond acceptors (Lipinski definition) is 5. The van der Waals surface area contributed by atoms with Crippen LogP contribution in [0.15, 0.2) is 6.20 Å². The summed E-state index contributed by atoms with van der Waals surface area (Å²) >= 11 is 0. The Morgan fingerprint density at radius 2 is 2.21 bits per heavy atom. The molecule has 7 heteroatoms. The van der Waals surface area contributed by atoms with Crippen molar-refractivity contribution in [3.8, 4) is 0 Å². The molecule has 1 rings (SSSR count). The van der Waals surface area contributed by atoms with Crippen LogP contribution < -0.4 is 10.5 Å². The van der Waals surface area contributed by atoms with Crippen LogP contribution in [-0.2, 0) is 16.4 Å². The molecular formula is C7H12N4O2S. The van der Waals surface area contributed by atoms with Crippen LogP contribution in [0.3, 0.4) is 0 Å². The molecule has 0 spiro atoms. The first-order valence-corrected chi connectivity index (χ1v) is 5.90. The Morgan fingerprint density at radius 1 is 1.57 bits per heavy atom. The van der Waals surface area contributed by atoms with Crippen molar-refractivity contribution < 1.29 is 8.42 Å². The van der Waals surface area contributed by atoms with Crippen molar-refractivity contribution in [3.63, 3.8) is 0 Å². The van der Waals surface area contributed by atoms with Crippen LogP contribution in [0.2, 0.25) is 0 Å². The second-order valence-electron chi connectivity index (χ2n) is 2.83. The van der Waals surface area contributed by atoms with Crippen molar-refractivity contribution in [2.45, 2.75) is 13.3 Å². The van der Waals surface area contributed by atoms with Crippen molar-refractivity contribution in [3.05, 3.63) is 11.8 Å². The number of aryl methyl sites for hydroxylation is 1. The van der Waals surface area contributed by atoms with E-state index >= 15 is 0 Å². The highest BCUT2D eigenvalue weighted by atomic mass is 32.2. The minimum Gasteiger partial charge on any atom is -0.383 e. The number of nitrogens with zero attached hydrogens (tertiary/aromatic N) is 2. The van der Waals surface area contributed by atoms with Gasteiger partial charge in [0.1, 0.15) is 5.82 Å². The van der Waals surface area contributed by atoms with Crippen molar-refractivity contribution in [2.24, 2.45) is 0 Å². The van der Waals surface area contributed by atoms with Gasteiger partial charge in [0.15, 0.2) is 0 Å². The van der Waals surface area contributed by atoms with E-state index in [2.05, 4.69) is 14.7 Å². The number of nitrogen functional groups attached to an aromatic ring is 1. The summed E-state index contributed by atoms with van der Waals surface area (Å²) in [5.41, 5.74) is 6.36. The third kappa shape index (κ3) is 2.84. The van der Waals surface area contributed by atoms with Gasteiger partial charge < -0.3 is 5.73 Å². The molecule has 1 aromatic heterocycles. The molecule has 0 aliphatic rings. The third-order valence-electron chi connectivity index (χ3n) is 1.56. The summed E-state index contributed by atoms with van der Waals surface area (Å²) in [6, 6.07) is 0. The fourth-order valence-electron chi connectivity index (χ4n) is 0.907. The summed E-state index contributed by atoms with van der Waals surface area (Å²) in [7, 11) is -3.34. The summed E-state index contributed by atoms with van der Waals surface area (Å²) < 4.78 is 23.8. The van der Waals surface area contributed by atoms with Crippen molar-refractivity contribution >= 4 is 21.8 Å². The molecule has 1 heterocycles. The van der Waals surface area contributed by atoms with Crippen LogP contribution >= 0.6 is 0 Å². The molecule has 0 aliphatic carbocycles. The van der Waals surface area contributed by atoms with Crippen molar-refractivity contribution in [1.29, 1.82) is 0 Å². The smallest absolute Gasteiger partial charge is 0.238 e. The third-order valence-corrected chi connectivity index (χ3v) is 2.11. The fourth-order valence-corrected chi connectivity index (χ4v) is 1.34. The van der Waals surface area contributed by atoms with Gasteiger partial charge in [0, 0.05) is 11.8 Å². The number of rotatable bonds is 3. The highest BCUT2D eigenvalue weighted by Gasteiger charge is 2.06. The number of hydrogen-bond donors (Lipinski definition) is 2. The highest BCUT2D eigenvalue weighted by Crippen LogP contribution is 2.10. The van der Waals surface area contributed by atoms with E-state index in [0.717, 1.165) is 11.8 Å². The van der Waals surface area contributed by atoms with Crippen LogP contribution in [0.5, 0.6) is 0 Å². The number of aromatic nitrogens is 2. The molecule has 0 saturated heterocycles. The highest BCUT2D eigenvalue weighted by molar-refractivity contribution is 7.91. The number of nitrogens with one attached hydrogen (secondary N) is 1. The predicted octanol–water partition coefficient (Wildman–Crippen LogP) is -0.00730. The number of sulfonamides is 1. The molecule has 0 amide bonds. The van der Waals surface area contributed by atoms with E-state index in [1.807, 2.05) is 6.92 Å². The Bertz CT molecular complexity index is 429. The first-order valence-electron chi connectivity index (χ1n) is 4.01. The molecule has 0 bridgehead atoms. The summed E-state index contributed by atoms with van der Waals surface area (Å²) in [4.78, 5) is 7.62. The fraction of sp³-hybridized carbons (Fsp3) is 0.429. The normalized spacial score (nSPS) is 11.3. The Balaban J connectivity index is 2.98. The largest absolute Gasteiger partial charge is 0.383 e. The minimum absolute atomic E-state index is 0.00204. The maximum absolute atomic E-state index is 10.8. The van der Waals surface area contributed by atoms with Crippen LogP contribution in [-0.4, -0.2) is 24.6 Å². The van der Waals surface area contributed by atoms with Gasteiger partial charge in [-0.15, -0.1) is 0 Å². The lowest BCUT2D eigenvalue weighted by Crippen LogP contribution is -2.13. The Hall–Kier alpha value is -1.37. The average Bonchev–Trinajstić information content (AvgIpc) is 2.01. The topological polar surface area (TPSA) is 98.0 Å². The first kappa shape index (κ1) is 10.7. The Morgan fingerprint density at radius 3 is 2.64 bits per heavy atom. The van der Waals surface area contributed by atoms with Crippen molar-refractivity contribution in [1.82, 2.24) is 9.97 Å². The first-order chi connectivity index (χ1) is 6.42. The molecule has 1 aromatic rings. The lowest BCUT2D eigenvalue weighted by atomic mass is 10.2. The Kier molecular flexibility index (Phi) is 2.90. The SMILES string of the molecule is CCc1cnc(NS(C)(=O)=O)nc1N. The number of nitrogens with two attached hydrogens (primary N) is 1. The lowest BCUT2D eigenvalue weighted by molar-refractivity contribution is 0.606. The van der Waals surface area contributed by atoms with Gasteiger partial charge in [-0.05, 0) is 6.42 Å². The van der Waals surface area contributed by atoms with Gasteiger partial charge in [-0.25, -0.2) is 13.4 Å². The molecule has 0 aliphatic heterocycles. The summed E-state index contributed by atoms with van der Waals surface area (Å²) in [5, 5.41) is 0. The van der Waals surface area contributed by atoms with E-state index in [-0.39, 0.29) is 5.95 Å². The van der Waals surface area contributed by atoms with Crippen LogP contribution in [0.1, 0.15) is 12.5 Å². The van der Waals surface area contributed by atoms with E-state index in [4.69, 9.17) is 5.73 Å². The number of anilines is 2. The summed E-state index contributed by atoms with van der Waals surface area (Å²) in [6.45, 7) is 1.92. The molecule has 0 saturated carbocycles. The van der Waals surface area contributed by atoms with Crippen LogP contribution in [0, 0.1) is 0 Å². The van der Waals surface area contributed by atoms with Gasteiger partial charge in [0.05, 0.1) is 6.26 Å². The van der Waals surface area contributed by atoms with E-state index in [0.29, 0.717) is 12.2 Å². The quantitative estimate of drug-likeness (QED) is 0.740. The lowest BCUT2D eigenvalue weighted by Gasteiger charge is -2.04. The maximum atomic E-state index is 10.8. The molecule has 78 valence electrons. The van der Waals surface area contributed by atoms with Gasteiger partial charge in [-0.1, -0.05) is 6.92 Å². The molecule has 0 fully saturated rings. The zero-order valence-electron chi connectivity index (χ0n) is 7.98. The zero-order valence-corrected chi connectivity index (χ0v) is 8.80. The van der Waals surface area contributed by atoms with Gasteiger partial charge in [-0.2, -0.15) is 4.98 Å². The second kappa shape index (κ2) is 3.79. The van der Waals surface area contributed by atoms with Crippen molar-refractivity contribution in [2.75, 3.05) is 16.7 Å². The molecule has 6 nitrogen and oxygen atoms in total. The standard InChI is InChI=1S/C7H12N4O2S/c1-3-5-4-9-7(10-6(5)8)11-14(2,12)13/h4H,3H2,1-2H3,(H3,8,9,10,11). The van der Waals surface area contributed by atoms with Crippen LogP contribution in [0.25, 0.3) is 0 Å². The molecule has 3 N–H and O–H groups in total. The monoisotopic (exact) mass is 216 g/mol. The zero-order chi connectivity index (χ0) is 10.8. The second-order valence-corrected chi connectivity index (χ2v) is 4.58. The summed E-state index contributed by atoms with van der Waals surface area (Å²) in [6.07, 6.45) is 3.25. The minimum atomic E-state index is -3.34. The van der Waals surface area contributed by atoms with Crippen LogP contribution in [0.4, 0.5) is 11.8 Å². The maximum Gasteiger partial charge on any atom is 0.238 e. The van der Waals surface area contributed by atoms with E-state index in [9.17, 15) is 8.42 Å². The van der Waals surface area contributed by atoms with Gasteiger partial charge >= 0.3 is 0 Å². The van der Waals surface area contributed by atoms with Gasteiger partial charge in [-0.3, -0.25) is 4.72 Å². The molecule has 0 unspecified atom stereocenters. The van der Waals surface area contributed by atoms with E-state index in [1.54, 1.807) is 0 Å². The molecule has 14 heavy (non-hydrogen) atoms. The summed E-state index contributed by atoms with van der Waals surface area (Å²) in [5.74, 6) is 0.302. The van der Waals surface area contributed by atoms with Gasteiger partial charge in [0.25, 0.3) is 0 Å². The average molecular weight is 216 g/mol. The van der Waals surface area contributed by atoms with E-state index < -0.39 is 10.0 Å². The molecule has 0 atom stereocenters. The van der Waals surface area contributed by atoms with E-state index in [1.165, 1.54) is 6.20 Å². The van der Waals surface area contributed by atoms with Gasteiger partial charge in [0.2, 0.25) is 16.0 Å². The molecule has 0 aromatic carbocycles. The molecule has 0 radical (unpaired) electrons.